The van der Waals surface area contributed by atoms with Crippen LogP contribution in [-0.4, -0.2) is 36.2 Å². The van der Waals surface area contributed by atoms with Gasteiger partial charge in [-0.1, -0.05) is 6.92 Å². The topological polar surface area (TPSA) is 23.5 Å². The Balaban J connectivity index is 2.20. The van der Waals surface area contributed by atoms with Crippen LogP contribution in [-0.2, 0) is 6.42 Å². The largest absolute Gasteiger partial charge is 0.396 e. The molecule has 0 saturated carbocycles. The van der Waals surface area contributed by atoms with Crippen LogP contribution in [0.1, 0.15) is 18.9 Å². The van der Waals surface area contributed by atoms with Gasteiger partial charge in [-0.05, 0) is 41.8 Å². The summed E-state index contributed by atoms with van der Waals surface area (Å²) in [6.45, 7) is 5.66. The van der Waals surface area contributed by atoms with Gasteiger partial charge >= 0.3 is 0 Å². The molecule has 0 unspecified atom stereocenters. The van der Waals surface area contributed by atoms with Gasteiger partial charge in [0.25, 0.3) is 0 Å². The van der Waals surface area contributed by atoms with Gasteiger partial charge in [0.2, 0.25) is 0 Å². The number of hydrogen-bond acceptors (Lipinski definition) is 3. The maximum atomic E-state index is 8.74. The lowest BCUT2D eigenvalue weighted by Crippen LogP contribution is -2.27. The van der Waals surface area contributed by atoms with Gasteiger partial charge in [0.1, 0.15) is 0 Å². The third-order valence-corrected chi connectivity index (χ3v) is 3.11. The van der Waals surface area contributed by atoms with Gasteiger partial charge in [-0.15, -0.1) is 0 Å². The first-order valence-electron chi connectivity index (χ1n) is 5.21. The summed E-state index contributed by atoms with van der Waals surface area (Å²) in [7, 11) is 0. The lowest BCUT2D eigenvalue weighted by Gasteiger charge is -2.19. The highest BCUT2D eigenvalue weighted by atomic mass is 32.1. The van der Waals surface area contributed by atoms with Crippen molar-refractivity contribution in [3.63, 3.8) is 0 Å². The smallest absolute Gasteiger partial charge is 0.0443 e. The number of aliphatic hydroxyl groups is 1. The molecule has 2 nitrogen and oxygen atoms in total. The van der Waals surface area contributed by atoms with E-state index in [1.54, 1.807) is 11.3 Å². The summed E-state index contributed by atoms with van der Waals surface area (Å²) in [5.41, 5.74) is 1.43. The zero-order chi connectivity index (χ0) is 10.2. The van der Waals surface area contributed by atoms with Crippen LogP contribution in [0.3, 0.4) is 0 Å². The Morgan fingerprint density at radius 1 is 1.43 bits per heavy atom. The molecule has 0 atom stereocenters. The minimum absolute atomic E-state index is 0.301. The van der Waals surface area contributed by atoms with Gasteiger partial charge in [-0.2, -0.15) is 11.3 Å². The summed E-state index contributed by atoms with van der Waals surface area (Å²) >= 11 is 1.76. The maximum absolute atomic E-state index is 8.74. The van der Waals surface area contributed by atoms with Gasteiger partial charge in [0, 0.05) is 19.7 Å². The first-order chi connectivity index (χ1) is 6.86. The molecule has 0 fully saturated rings. The summed E-state index contributed by atoms with van der Waals surface area (Å²) in [5.74, 6) is 0. The van der Waals surface area contributed by atoms with Crippen LogP contribution in [0, 0.1) is 0 Å². The lowest BCUT2D eigenvalue weighted by atomic mass is 10.2. The summed E-state index contributed by atoms with van der Waals surface area (Å²) in [6, 6.07) is 2.19. The van der Waals surface area contributed by atoms with Crippen molar-refractivity contribution in [3.8, 4) is 0 Å². The fourth-order valence-corrected chi connectivity index (χ4v) is 2.15. The molecule has 0 amide bonds. The number of aliphatic hydroxyl groups excluding tert-OH is 1. The maximum Gasteiger partial charge on any atom is 0.0443 e. The molecule has 0 aliphatic heterocycles. The normalized spacial score (nSPS) is 11.1. The van der Waals surface area contributed by atoms with E-state index in [0.717, 1.165) is 32.5 Å². The summed E-state index contributed by atoms with van der Waals surface area (Å²) in [4.78, 5) is 2.38. The second kappa shape index (κ2) is 6.98. The van der Waals surface area contributed by atoms with Crippen molar-refractivity contribution < 1.29 is 5.11 Å². The number of likely N-dealkylation sites (N-methyl/N-ethyl adjacent to an activating group) is 1. The van der Waals surface area contributed by atoms with Gasteiger partial charge in [-0.25, -0.2) is 0 Å². The Morgan fingerprint density at radius 3 is 2.86 bits per heavy atom. The molecule has 1 aromatic rings. The van der Waals surface area contributed by atoms with E-state index in [4.69, 9.17) is 5.11 Å². The minimum atomic E-state index is 0.301. The molecule has 1 aromatic heterocycles. The highest BCUT2D eigenvalue weighted by Gasteiger charge is 2.02. The van der Waals surface area contributed by atoms with Crippen molar-refractivity contribution in [2.45, 2.75) is 19.8 Å². The number of nitrogens with zero attached hydrogens (tertiary/aromatic N) is 1. The van der Waals surface area contributed by atoms with Crippen LogP contribution >= 0.6 is 11.3 Å². The first kappa shape index (κ1) is 11.7. The predicted molar refractivity (Wildman–Crippen MR) is 61.8 cm³/mol. The molecular weight excluding hydrogens is 194 g/mol. The lowest BCUT2D eigenvalue weighted by molar-refractivity contribution is 0.231. The molecule has 0 aliphatic carbocycles. The molecule has 3 heteroatoms. The average molecular weight is 213 g/mol. The molecule has 0 spiro atoms. The van der Waals surface area contributed by atoms with Crippen molar-refractivity contribution in [2.24, 2.45) is 0 Å². The fourth-order valence-electron chi connectivity index (χ4n) is 1.44. The Bertz CT molecular complexity index is 223. The van der Waals surface area contributed by atoms with Crippen molar-refractivity contribution in [1.82, 2.24) is 4.90 Å². The molecule has 0 saturated heterocycles. The molecule has 1 rings (SSSR count). The van der Waals surface area contributed by atoms with Crippen molar-refractivity contribution in [2.75, 3.05) is 26.2 Å². The second-order valence-electron chi connectivity index (χ2n) is 3.39. The van der Waals surface area contributed by atoms with E-state index in [-0.39, 0.29) is 0 Å². The predicted octanol–water partition coefficient (Wildman–Crippen LogP) is 1.99. The minimum Gasteiger partial charge on any atom is -0.396 e. The Kier molecular flexibility index (Phi) is 5.83. The number of hydrogen-bond donors (Lipinski definition) is 1. The molecule has 0 radical (unpaired) electrons. The molecule has 1 heterocycles. The molecule has 80 valence electrons. The van der Waals surface area contributed by atoms with Gasteiger partial charge in [0.05, 0.1) is 0 Å². The zero-order valence-corrected chi connectivity index (χ0v) is 9.59. The van der Waals surface area contributed by atoms with Crippen molar-refractivity contribution in [3.05, 3.63) is 22.4 Å². The Labute approximate surface area is 90.2 Å². The van der Waals surface area contributed by atoms with Crippen molar-refractivity contribution in [1.29, 1.82) is 0 Å². The van der Waals surface area contributed by atoms with E-state index in [9.17, 15) is 0 Å². The summed E-state index contributed by atoms with van der Waals surface area (Å²) in [5, 5.41) is 13.1. The highest BCUT2D eigenvalue weighted by molar-refractivity contribution is 7.07. The fraction of sp³-hybridized carbons (Fsp3) is 0.636. The van der Waals surface area contributed by atoms with Gasteiger partial charge in [0.15, 0.2) is 0 Å². The zero-order valence-electron chi connectivity index (χ0n) is 8.78. The van der Waals surface area contributed by atoms with E-state index in [2.05, 4.69) is 28.7 Å². The van der Waals surface area contributed by atoms with Crippen LogP contribution in [0.25, 0.3) is 0 Å². The number of rotatable bonds is 7. The van der Waals surface area contributed by atoms with Crippen LogP contribution in [0.5, 0.6) is 0 Å². The van der Waals surface area contributed by atoms with E-state index in [1.807, 2.05) is 0 Å². The highest BCUT2D eigenvalue weighted by Crippen LogP contribution is 2.07. The number of thiophene rings is 1. The third kappa shape index (κ3) is 4.22. The standard InChI is InChI=1S/C11H19NOS/c1-2-12(6-3-8-13)7-4-11-5-9-14-10-11/h5,9-10,13H,2-4,6-8H2,1H3. The molecular formula is C11H19NOS. The van der Waals surface area contributed by atoms with E-state index < -0.39 is 0 Å². The summed E-state index contributed by atoms with van der Waals surface area (Å²) < 4.78 is 0. The molecule has 0 aromatic carbocycles. The quantitative estimate of drug-likeness (QED) is 0.749. The Morgan fingerprint density at radius 2 is 2.29 bits per heavy atom. The van der Waals surface area contributed by atoms with Crippen LogP contribution in [0.4, 0.5) is 0 Å². The van der Waals surface area contributed by atoms with E-state index >= 15 is 0 Å². The Hall–Kier alpha value is -0.380. The second-order valence-corrected chi connectivity index (χ2v) is 4.17. The van der Waals surface area contributed by atoms with Crippen LogP contribution < -0.4 is 0 Å². The molecule has 14 heavy (non-hydrogen) atoms. The molecule has 1 N–H and O–H groups in total. The first-order valence-corrected chi connectivity index (χ1v) is 6.15. The average Bonchev–Trinajstić information content (AvgIpc) is 2.71. The summed E-state index contributed by atoms with van der Waals surface area (Å²) in [6.07, 6.45) is 2.01. The van der Waals surface area contributed by atoms with Gasteiger partial charge < -0.3 is 10.0 Å². The SMILES string of the molecule is CCN(CCCO)CCc1ccsc1. The molecule has 0 aliphatic rings. The van der Waals surface area contributed by atoms with Crippen molar-refractivity contribution >= 4 is 11.3 Å². The van der Waals surface area contributed by atoms with Crippen LogP contribution in [0.15, 0.2) is 16.8 Å². The van der Waals surface area contributed by atoms with Crippen LogP contribution in [0.2, 0.25) is 0 Å². The van der Waals surface area contributed by atoms with Gasteiger partial charge in [-0.3, -0.25) is 0 Å². The van der Waals surface area contributed by atoms with E-state index in [0.29, 0.717) is 6.61 Å². The third-order valence-electron chi connectivity index (χ3n) is 2.38. The monoisotopic (exact) mass is 213 g/mol. The molecule has 0 bridgehead atoms. The van der Waals surface area contributed by atoms with E-state index in [1.165, 1.54) is 5.56 Å².